The molecule has 0 radical (unpaired) electrons. The van der Waals surface area contributed by atoms with Crippen molar-refractivity contribution in [2.24, 2.45) is 0 Å². The lowest BCUT2D eigenvalue weighted by Gasteiger charge is -2.19. The van der Waals surface area contributed by atoms with Crippen molar-refractivity contribution in [2.45, 2.75) is 20.8 Å². The number of nitrogens with zero attached hydrogens (tertiary/aromatic N) is 2. The second-order valence-electron chi connectivity index (χ2n) is 6.71. The van der Waals surface area contributed by atoms with Crippen LogP contribution >= 0.6 is 0 Å². The second kappa shape index (κ2) is 8.02. The SMILES string of the molecule is Cc1cc(C)c(/C=C(\C#N)C(=O)Nc2cc3c(cc2[N+](=O)[O-])OCCO3)c(C)c1. The largest absolute Gasteiger partial charge is 0.486 e. The number of fused-ring (bicyclic) bond motifs is 1. The first-order valence-electron chi connectivity index (χ1n) is 8.89. The molecule has 8 nitrogen and oxygen atoms in total. The van der Waals surface area contributed by atoms with E-state index < -0.39 is 10.8 Å². The van der Waals surface area contributed by atoms with Crippen LogP contribution in [0.5, 0.6) is 11.5 Å². The molecule has 8 heteroatoms. The van der Waals surface area contributed by atoms with Crippen LogP contribution in [0.1, 0.15) is 22.3 Å². The standard InChI is InChI=1S/C21H19N3O5/c1-12-6-13(2)16(14(3)7-12)8-15(11-22)21(25)23-17-9-19-20(29-5-4-28-19)10-18(17)24(26)27/h6-10H,4-5H2,1-3H3,(H,23,25)/b15-8+. The first-order chi connectivity index (χ1) is 13.8. The highest BCUT2D eigenvalue weighted by Gasteiger charge is 2.24. The third kappa shape index (κ3) is 4.19. The fourth-order valence-electron chi connectivity index (χ4n) is 3.23. The molecule has 0 bridgehead atoms. The number of carbonyl (C=O) groups is 1. The van der Waals surface area contributed by atoms with E-state index in [2.05, 4.69) is 5.32 Å². The van der Waals surface area contributed by atoms with Crippen LogP contribution in [0.25, 0.3) is 6.08 Å². The van der Waals surface area contributed by atoms with Gasteiger partial charge in [0.2, 0.25) is 0 Å². The van der Waals surface area contributed by atoms with Gasteiger partial charge in [0.05, 0.1) is 11.0 Å². The molecule has 0 atom stereocenters. The minimum atomic E-state index is -0.744. The van der Waals surface area contributed by atoms with Gasteiger partial charge in [0, 0.05) is 6.07 Å². The highest BCUT2D eigenvalue weighted by Crippen LogP contribution is 2.39. The Bertz CT molecular complexity index is 1060. The fourth-order valence-corrected chi connectivity index (χ4v) is 3.23. The Hall–Kier alpha value is -3.86. The predicted molar refractivity (Wildman–Crippen MR) is 107 cm³/mol. The Balaban J connectivity index is 1.97. The van der Waals surface area contributed by atoms with Gasteiger partial charge in [0.15, 0.2) is 11.5 Å². The average molecular weight is 393 g/mol. The molecule has 0 aromatic heterocycles. The minimum Gasteiger partial charge on any atom is -0.486 e. The summed E-state index contributed by atoms with van der Waals surface area (Å²) in [6.45, 7) is 6.33. The quantitative estimate of drug-likeness (QED) is 0.365. The van der Waals surface area contributed by atoms with Gasteiger partial charge in [-0.15, -0.1) is 0 Å². The number of hydrogen-bond acceptors (Lipinski definition) is 6. The normalized spacial score (nSPS) is 12.8. The molecule has 148 valence electrons. The summed E-state index contributed by atoms with van der Waals surface area (Å²) in [7, 11) is 0. The second-order valence-corrected chi connectivity index (χ2v) is 6.71. The summed E-state index contributed by atoms with van der Waals surface area (Å²) in [4.78, 5) is 23.5. The molecule has 1 N–H and O–H groups in total. The van der Waals surface area contributed by atoms with Crippen molar-refractivity contribution in [1.29, 1.82) is 5.26 Å². The maximum atomic E-state index is 12.7. The lowest BCUT2D eigenvalue weighted by Crippen LogP contribution is -2.18. The van der Waals surface area contributed by atoms with Gasteiger partial charge in [-0.25, -0.2) is 0 Å². The number of amides is 1. The summed E-state index contributed by atoms with van der Waals surface area (Å²) in [6, 6.07) is 8.32. The number of anilines is 1. The maximum Gasteiger partial charge on any atom is 0.296 e. The Morgan fingerprint density at radius 3 is 2.28 bits per heavy atom. The summed E-state index contributed by atoms with van der Waals surface area (Å²) in [5.74, 6) is -0.209. The average Bonchev–Trinajstić information content (AvgIpc) is 2.66. The van der Waals surface area contributed by atoms with Crippen molar-refractivity contribution in [3.8, 4) is 17.6 Å². The van der Waals surface area contributed by atoms with Gasteiger partial charge >= 0.3 is 0 Å². The van der Waals surface area contributed by atoms with E-state index in [-0.39, 0.29) is 29.3 Å². The molecule has 0 fully saturated rings. The van der Waals surface area contributed by atoms with Gasteiger partial charge < -0.3 is 14.8 Å². The third-order valence-corrected chi connectivity index (χ3v) is 4.50. The number of nitrogens with one attached hydrogen (secondary N) is 1. The molecule has 0 saturated heterocycles. The first kappa shape index (κ1) is 19.9. The molecule has 2 aromatic rings. The topological polar surface area (TPSA) is 114 Å². The molecule has 29 heavy (non-hydrogen) atoms. The van der Waals surface area contributed by atoms with E-state index in [4.69, 9.17) is 9.47 Å². The van der Waals surface area contributed by atoms with Crippen molar-refractivity contribution in [3.05, 3.63) is 62.2 Å². The molecule has 3 rings (SSSR count). The summed E-state index contributed by atoms with van der Waals surface area (Å²) in [5.41, 5.74) is 3.11. The molecular formula is C21H19N3O5. The van der Waals surface area contributed by atoms with Gasteiger partial charge in [-0.1, -0.05) is 17.7 Å². The number of aryl methyl sites for hydroxylation is 3. The third-order valence-electron chi connectivity index (χ3n) is 4.50. The fraction of sp³-hybridized carbons (Fsp3) is 0.238. The number of carbonyl (C=O) groups excluding carboxylic acids is 1. The van der Waals surface area contributed by atoms with E-state index in [1.807, 2.05) is 39.0 Å². The lowest BCUT2D eigenvalue weighted by atomic mass is 9.98. The van der Waals surface area contributed by atoms with Crippen LogP contribution in [0.3, 0.4) is 0 Å². The predicted octanol–water partition coefficient (Wildman–Crippen LogP) is 3.84. The molecule has 0 spiro atoms. The molecule has 1 heterocycles. The van der Waals surface area contributed by atoms with Gasteiger partial charge in [-0.3, -0.25) is 14.9 Å². The van der Waals surface area contributed by atoms with Crippen molar-refractivity contribution >= 4 is 23.4 Å². The monoisotopic (exact) mass is 393 g/mol. The lowest BCUT2D eigenvalue weighted by molar-refractivity contribution is -0.384. The Labute approximate surface area is 167 Å². The van der Waals surface area contributed by atoms with E-state index >= 15 is 0 Å². The number of nitro groups is 1. The van der Waals surface area contributed by atoms with E-state index in [0.717, 1.165) is 22.3 Å². The molecule has 2 aromatic carbocycles. The van der Waals surface area contributed by atoms with Crippen molar-refractivity contribution in [2.75, 3.05) is 18.5 Å². The zero-order valence-electron chi connectivity index (χ0n) is 16.2. The zero-order valence-corrected chi connectivity index (χ0v) is 16.2. The molecular weight excluding hydrogens is 374 g/mol. The highest BCUT2D eigenvalue weighted by molar-refractivity contribution is 6.10. The molecule has 1 aliphatic rings. The highest BCUT2D eigenvalue weighted by atomic mass is 16.6. The number of hydrogen-bond donors (Lipinski definition) is 1. The molecule has 1 aliphatic heterocycles. The van der Waals surface area contributed by atoms with Crippen molar-refractivity contribution in [3.63, 3.8) is 0 Å². The van der Waals surface area contributed by atoms with E-state index in [0.29, 0.717) is 12.4 Å². The van der Waals surface area contributed by atoms with Crippen LogP contribution in [-0.4, -0.2) is 24.0 Å². The Morgan fingerprint density at radius 2 is 1.72 bits per heavy atom. The van der Waals surface area contributed by atoms with Crippen LogP contribution in [0.2, 0.25) is 0 Å². The Morgan fingerprint density at radius 1 is 1.14 bits per heavy atom. The number of ether oxygens (including phenoxy) is 2. The van der Waals surface area contributed by atoms with E-state index in [9.17, 15) is 20.2 Å². The number of nitriles is 1. The maximum absolute atomic E-state index is 12.7. The first-order valence-corrected chi connectivity index (χ1v) is 8.89. The molecule has 0 saturated carbocycles. The van der Waals surface area contributed by atoms with Gasteiger partial charge in [-0.2, -0.15) is 5.26 Å². The Kier molecular flexibility index (Phi) is 5.50. The minimum absolute atomic E-state index is 0.0669. The van der Waals surface area contributed by atoms with Crippen LogP contribution < -0.4 is 14.8 Å². The van der Waals surface area contributed by atoms with Gasteiger partial charge in [0.25, 0.3) is 11.6 Å². The van der Waals surface area contributed by atoms with Crippen molar-refractivity contribution in [1.82, 2.24) is 0 Å². The number of benzene rings is 2. The van der Waals surface area contributed by atoms with Gasteiger partial charge in [-0.05, 0) is 43.5 Å². The summed E-state index contributed by atoms with van der Waals surface area (Å²) >= 11 is 0. The van der Waals surface area contributed by atoms with Crippen molar-refractivity contribution < 1.29 is 19.2 Å². The molecule has 0 aliphatic carbocycles. The molecule has 1 amide bonds. The smallest absolute Gasteiger partial charge is 0.296 e. The van der Waals surface area contributed by atoms with Gasteiger partial charge in [0.1, 0.15) is 30.5 Å². The summed E-state index contributed by atoms with van der Waals surface area (Å²) in [6.07, 6.45) is 1.49. The van der Waals surface area contributed by atoms with Crippen LogP contribution in [-0.2, 0) is 4.79 Å². The van der Waals surface area contributed by atoms with E-state index in [1.54, 1.807) is 0 Å². The van der Waals surface area contributed by atoms with Crippen LogP contribution in [0.15, 0.2) is 29.8 Å². The summed E-state index contributed by atoms with van der Waals surface area (Å²) in [5, 5.41) is 23.4. The van der Waals surface area contributed by atoms with Crippen LogP contribution in [0.4, 0.5) is 11.4 Å². The van der Waals surface area contributed by atoms with E-state index in [1.165, 1.54) is 18.2 Å². The summed E-state index contributed by atoms with van der Waals surface area (Å²) < 4.78 is 10.8. The number of rotatable bonds is 4. The zero-order chi connectivity index (χ0) is 21.1. The molecule has 0 unspecified atom stereocenters. The number of nitro benzene ring substituents is 1. The van der Waals surface area contributed by atoms with Crippen LogP contribution in [0, 0.1) is 42.2 Å².